The highest BCUT2D eigenvalue weighted by molar-refractivity contribution is 5.92. The molecule has 1 aliphatic rings. The van der Waals surface area contributed by atoms with Gasteiger partial charge in [-0.2, -0.15) is 0 Å². The molecule has 132 valence electrons. The van der Waals surface area contributed by atoms with Crippen molar-refractivity contribution < 1.29 is 14.3 Å². The lowest BCUT2D eigenvalue weighted by atomic mass is 9.97. The van der Waals surface area contributed by atoms with E-state index < -0.39 is 0 Å². The summed E-state index contributed by atoms with van der Waals surface area (Å²) >= 11 is 0. The standard InChI is InChI=1S/C19H28N2O3/c1-4-24-19(23)15-8-10-21(11-9-15)13-18(22)20-17-7-5-6-16(12-17)14(2)3/h5-7,12,14-15H,4,8-11,13H2,1-3H3,(H,20,22). The van der Waals surface area contributed by atoms with Crippen LogP contribution < -0.4 is 5.32 Å². The Morgan fingerprint density at radius 2 is 2.00 bits per heavy atom. The molecule has 2 rings (SSSR count). The first-order chi connectivity index (χ1) is 11.5. The first-order valence-electron chi connectivity index (χ1n) is 8.78. The lowest BCUT2D eigenvalue weighted by molar-refractivity contribution is -0.149. The number of piperidine rings is 1. The molecule has 1 saturated heterocycles. The van der Waals surface area contributed by atoms with E-state index in [0.29, 0.717) is 19.1 Å². The number of nitrogens with zero attached hydrogens (tertiary/aromatic N) is 1. The topological polar surface area (TPSA) is 58.6 Å². The van der Waals surface area contributed by atoms with Crippen LogP contribution in [0.15, 0.2) is 24.3 Å². The van der Waals surface area contributed by atoms with Gasteiger partial charge in [-0.25, -0.2) is 0 Å². The maximum Gasteiger partial charge on any atom is 0.309 e. The van der Waals surface area contributed by atoms with Crippen LogP contribution in [-0.4, -0.2) is 43.0 Å². The summed E-state index contributed by atoms with van der Waals surface area (Å²) in [6.45, 7) is 8.39. The van der Waals surface area contributed by atoms with E-state index in [1.807, 2.05) is 25.1 Å². The Hall–Kier alpha value is -1.88. The third kappa shape index (κ3) is 5.34. The molecule has 24 heavy (non-hydrogen) atoms. The second kappa shape index (κ2) is 8.83. The van der Waals surface area contributed by atoms with Gasteiger partial charge in [0.1, 0.15) is 0 Å². The number of carbonyl (C=O) groups excluding carboxylic acids is 2. The van der Waals surface area contributed by atoms with E-state index >= 15 is 0 Å². The average molecular weight is 332 g/mol. The molecule has 0 radical (unpaired) electrons. The maximum absolute atomic E-state index is 12.2. The SMILES string of the molecule is CCOC(=O)C1CCN(CC(=O)Nc2cccc(C(C)C)c2)CC1. The van der Waals surface area contributed by atoms with E-state index in [1.54, 1.807) is 0 Å². The number of amides is 1. The Morgan fingerprint density at radius 3 is 2.62 bits per heavy atom. The zero-order chi connectivity index (χ0) is 17.5. The van der Waals surface area contributed by atoms with Crippen LogP contribution in [0, 0.1) is 5.92 Å². The van der Waals surface area contributed by atoms with Crippen LogP contribution in [-0.2, 0) is 14.3 Å². The van der Waals surface area contributed by atoms with Crippen LogP contribution in [0.25, 0.3) is 0 Å². The number of rotatable bonds is 6. The third-order valence-corrected chi connectivity index (χ3v) is 4.41. The van der Waals surface area contributed by atoms with E-state index in [1.165, 1.54) is 5.56 Å². The summed E-state index contributed by atoms with van der Waals surface area (Å²) in [5.74, 6) is 0.299. The van der Waals surface area contributed by atoms with Crippen molar-refractivity contribution in [3.8, 4) is 0 Å². The average Bonchev–Trinajstić information content (AvgIpc) is 2.55. The molecule has 1 amide bonds. The van der Waals surface area contributed by atoms with E-state index in [9.17, 15) is 9.59 Å². The molecule has 1 heterocycles. The molecule has 1 aromatic rings. The Balaban J connectivity index is 1.79. The molecular formula is C19H28N2O3. The smallest absolute Gasteiger partial charge is 0.309 e. The number of carbonyl (C=O) groups is 2. The molecule has 0 aliphatic carbocycles. The van der Waals surface area contributed by atoms with Crippen LogP contribution in [0.4, 0.5) is 5.69 Å². The Labute approximate surface area is 144 Å². The number of anilines is 1. The number of benzene rings is 1. The molecule has 1 aromatic carbocycles. The Kier molecular flexibility index (Phi) is 6.79. The van der Waals surface area contributed by atoms with Crippen LogP contribution in [0.2, 0.25) is 0 Å². The number of hydrogen-bond donors (Lipinski definition) is 1. The van der Waals surface area contributed by atoms with Gasteiger partial charge in [0.15, 0.2) is 0 Å². The third-order valence-electron chi connectivity index (χ3n) is 4.41. The first-order valence-corrected chi connectivity index (χ1v) is 8.78. The minimum Gasteiger partial charge on any atom is -0.466 e. The summed E-state index contributed by atoms with van der Waals surface area (Å²) in [4.78, 5) is 26.1. The van der Waals surface area contributed by atoms with Crippen LogP contribution in [0.5, 0.6) is 0 Å². The van der Waals surface area contributed by atoms with Crippen molar-refractivity contribution in [1.82, 2.24) is 4.90 Å². The lowest BCUT2D eigenvalue weighted by Gasteiger charge is -2.30. The van der Waals surface area contributed by atoms with Gasteiger partial charge in [-0.15, -0.1) is 0 Å². The predicted octanol–water partition coefficient (Wildman–Crippen LogP) is 3.02. The monoisotopic (exact) mass is 332 g/mol. The van der Waals surface area contributed by atoms with Crippen molar-refractivity contribution in [3.63, 3.8) is 0 Å². The van der Waals surface area contributed by atoms with E-state index in [2.05, 4.69) is 30.1 Å². The quantitative estimate of drug-likeness (QED) is 0.814. The van der Waals surface area contributed by atoms with Crippen molar-refractivity contribution in [2.75, 3.05) is 31.6 Å². The van der Waals surface area contributed by atoms with Gasteiger partial charge in [0.25, 0.3) is 0 Å². The summed E-state index contributed by atoms with van der Waals surface area (Å²) in [5.41, 5.74) is 2.05. The van der Waals surface area contributed by atoms with E-state index in [4.69, 9.17) is 4.74 Å². The summed E-state index contributed by atoms with van der Waals surface area (Å²) in [7, 11) is 0. The van der Waals surface area contributed by atoms with Gasteiger partial charge in [0, 0.05) is 5.69 Å². The summed E-state index contributed by atoms with van der Waals surface area (Å²) in [6.07, 6.45) is 1.52. The maximum atomic E-state index is 12.2. The molecule has 0 aromatic heterocycles. The summed E-state index contributed by atoms with van der Waals surface area (Å²) in [5, 5.41) is 2.97. The van der Waals surface area contributed by atoms with Gasteiger partial charge < -0.3 is 10.1 Å². The van der Waals surface area contributed by atoms with E-state index in [0.717, 1.165) is 31.6 Å². The minimum atomic E-state index is -0.105. The Morgan fingerprint density at radius 1 is 1.29 bits per heavy atom. The highest BCUT2D eigenvalue weighted by Crippen LogP contribution is 2.20. The molecule has 0 saturated carbocycles. The molecule has 1 fully saturated rings. The van der Waals surface area contributed by atoms with Crippen LogP contribution >= 0.6 is 0 Å². The van der Waals surface area contributed by atoms with Gasteiger partial charge >= 0.3 is 5.97 Å². The molecular weight excluding hydrogens is 304 g/mol. The normalized spacial score (nSPS) is 16.2. The number of nitrogens with one attached hydrogen (secondary N) is 1. The number of ether oxygens (including phenoxy) is 1. The zero-order valence-electron chi connectivity index (χ0n) is 14.9. The highest BCUT2D eigenvalue weighted by Gasteiger charge is 2.26. The van der Waals surface area contributed by atoms with Crippen molar-refractivity contribution in [2.45, 2.75) is 39.5 Å². The second-order valence-electron chi connectivity index (χ2n) is 6.63. The summed E-state index contributed by atoms with van der Waals surface area (Å²) < 4.78 is 5.07. The molecule has 5 heteroatoms. The largest absolute Gasteiger partial charge is 0.466 e. The molecule has 1 aliphatic heterocycles. The van der Waals surface area contributed by atoms with Crippen LogP contribution in [0.3, 0.4) is 0 Å². The zero-order valence-corrected chi connectivity index (χ0v) is 14.9. The van der Waals surface area contributed by atoms with Gasteiger partial charge in [-0.05, 0) is 56.5 Å². The lowest BCUT2D eigenvalue weighted by Crippen LogP contribution is -2.41. The van der Waals surface area contributed by atoms with Gasteiger partial charge in [0.2, 0.25) is 5.91 Å². The fourth-order valence-corrected chi connectivity index (χ4v) is 2.97. The van der Waals surface area contributed by atoms with Gasteiger partial charge in [0.05, 0.1) is 19.1 Å². The van der Waals surface area contributed by atoms with Gasteiger partial charge in [-0.3, -0.25) is 14.5 Å². The van der Waals surface area contributed by atoms with Crippen molar-refractivity contribution in [1.29, 1.82) is 0 Å². The van der Waals surface area contributed by atoms with Crippen molar-refractivity contribution in [3.05, 3.63) is 29.8 Å². The van der Waals surface area contributed by atoms with Crippen molar-refractivity contribution in [2.24, 2.45) is 5.92 Å². The molecule has 0 bridgehead atoms. The molecule has 0 unspecified atom stereocenters. The molecule has 0 spiro atoms. The van der Waals surface area contributed by atoms with Gasteiger partial charge in [-0.1, -0.05) is 26.0 Å². The van der Waals surface area contributed by atoms with E-state index in [-0.39, 0.29) is 17.8 Å². The fraction of sp³-hybridized carbons (Fsp3) is 0.579. The number of esters is 1. The minimum absolute atomic E-state index is 0.00880. The van der Waals surface area contributed by atoms with Crippen LogP contribution in [0.1, 0.15) is 45.1 Å². The molecule has 5 nitrogen and oxygen atoms in total. The Bertz CT molecular complexity index is 563. The molecule has 0 atom stereocenters. The van der Waals surface area contributed by atoms with Crippen molar-refractivity contribution >= 4 is 17.6 Å². The first kappa shape index (κ1) is 18.5. The summed E-state index contributed by atoms with van der Waals surface area (Å²) in [6, 6.07) is 7.97. The number of hydrogen-bond acceptors (Lipinski definition) is 4. The predicted molar refractivity (Wildman–Crippen MR) is 95.0 cm³/mol. The fourth-order valence-electron chi connectivity index (χ4n) is 2.97. The molecule has 1 N–H and O–H groups in total. The highest BCUT2D eigenvalue weighted by atomic mass is 16.5. The second-order valence-corrected chi connectivity index (χ2v) is 6.63. The number of likely N-dealkylation sites (tertiary alicyclic amines) is 1.